The Kier molecular flexibility index (Phi) is 3.99. The SMILES string of the molecule is CCCn1cc(Oc2ccc([C@H](C)O)cc2)cn1. The molecule has 2 rings (SSSR count). The number of rotatable bonds is 5. The predicted octanol–water partition coefficient (Wildman–Crippen LogP) is 3.14. The number of aromatic nitrogens is 2. The smallest absolute Gasteiger partial charge is 0.165 e. The van der Waals surface area contributed by atoms with Crippen LogP contribution in [-0.2, 0) is 6.54 Å². The Bertz CT molecular complexity index is 489. The molecule has 0 amide bonds. The molecule has 0 saturated carbocycles. The molecule has 0 aliphatic heterocycles. The van der Waals surface area contributed by atoms with Gasteiger partial charge in [0.1, 0.15) is 5.75 Å². The van der Waals surface area contributed by atoms with Gasteiger partial charge in [-0.1, -0.05) is 19.1 Å². The standard InChI is InChI=1S/C14H18N2O2/c1-3-8-16-10-14(9-15-16)18-13-6-4-12(5-7-13)11(2)17/h4-7,9-11,17H,3,8H2,1-2H3/t11-/m0/s1. The monoisotopic (exact) mass is 246 g/mol. The highest BCUT2D eigenvalue weighted by atomic mass is 16.5. The first-order valence-corrected chi connectivity index (χ1v) is 6.17. The van der Waals surface area contributed by atoms with Crippen molar-refractivity contribution in [1.82, 2.24) is 9.78 Å². The van der Waals surface area contributed by atoms with Crippen LogP contribution < -0.4 is 4.74 Å². The van der Waals surface area contributed by atoms with Crippen LogP contribution in [0, 0.1) is 0 Å². The van der Waals surface area contributed by atoms with Crippen molar-refractivity contribution in [1.29, 1.82) is 0 Å². The van der Waals surface area contributed by atoms with E-state index in [9.17, 15) is 5.11 Å². The molecule has 18 heavy (non-hydrogen) atoms. The van der Waals surface area contributed by atoms with Crippen LogP contribution >= 0.6 is 0 Å². The summed E-state index contributed by atoms with van der Waals surface area (Å²) in [6, 6.07) is 7.41. The molecule has 1 aromatic carbocycles. The molecule has 0 spiro atoms. The largest absolute Gasteiger partial charge is 0.454 e. The van der Waals surface area contributed by atoms with E-state index in [1.807, 2.05) is 35.1 Å². The maximum Gasteiger partial charge on any atom is 0.165 e. The van der Waals surface area contributed by atoms with Crippen LogP contribution in [0.25, 0.3) is 0 Å². The second-order valence-corrected chi connectivity index (χ2v) is 4.29. The number of aliphatic hydroxyl groups is 1. The lowest BCUT2D eigenvalue weighted by Gasteiger charge is -2.06. The maximum atomic E-state index is 9.41. The second kappa shape index (κ2) is 5.69. The summed E-state index contributed by atoms with van der Waals surface area (Å²) in [5, 5.41) is 13.6. The van der Waals surface area contributed by atoms with Crippen LogP contribution in [-0.4, -0.2) is 14.9 Å². The quantitative estimate of drug-likeness (QED) is 0.881. The number of hydrogen-bond acceptors (Lipinski definition) is 3. The van der Waals surface area contributed by atoms with Gasteiger partial charge in [0.05, 0.1) is 18.5 Å². The van der Waals surface area contributed by atoms with Gasteiger partial charge in [-0.15, -0.1) is 0 Å². The summed E-state index contributed by atoms with van der Waals surface area (Å²) in [7, 11) is 0. The average molecular weight is 246 g/mol. The fraction of sp³-hybridized carbons (Fsp3) is 0.357. The molecule has 2 aromatic rings. The van der Waals surface area contributed by atoms with Crippen LogP contribution in [0.2, 0.25) is 0 Å². The van der Waals surface area contributed by atoms with E-state index in [-0.39, 0.29) is 0 Å². The van der Waals surface area contributed by atoms with Crippen molar-refractivity contribution >= 4 is 0 Å². The molecule has 4 nitrogen and oxygen atoms in total. The summed E-state index contributed by atoms with van der Waals surface area (Å²) < 4.78 is 7.54. The van der Waals surface area contributed by atoms with Crippen molar-refractivity contribution in [2.24, 2.45) is 0 Å². The number of nitrogens with zero attached hydrogens (tertiary/aromatic N) is 2. The molecule has 1 N–H and O–H groups in total. The van der Waals surface area contributed by atoms with Gasteiger partial charge < -0.3 is 9.84 Å². The molecule has 4 heteroatoms. The molecule has 0 bridgehead atoms. The van der Waals surface area contributed by atoms with Crippen molar-refractivity contribution in [2.75, 3.05) is 0 Å². The van der Waals surface area contributed by atoms with Gasteiger partial charge in [0.25, 0.3) is 0 Å². The summed E-state index contributed by atoms with van der Waals surface area (Å²) >= 11 is 0. The summed E-state index contributed by atoms with van der Waals surface area (Å²) in [5.41, 5.74) is 0.879. The van der Waals surface area contributed by atoms with E-state index in [4.69, 9.17) is 4.74 Å². The van der Waals surface area contributed by atoms with Crippen molar-refractivity contribution in [2.45, 2.75) is 32.9 Å². The van der Waals surface area contributed by atoms with Crippen LogP contribution in [0.4, 0.5) is 0 Å². The zero-order valence-electron chi connectivity index (χ0n) is 10.7. The number of benzene rings is 1. The first kappa shape index (κ1) is 12.6. The average Bonchev–Trinajstić information content (AvgIpc) is 2.78. The number of aliphatic hydroxyl groups excluding tert-OH is 1. The van der Waals surface area contributed by atoms with Gasteiger partial charge >= 0.3 is 0 Å². The number of hydrogen-bond donors (Lipinski definition) is 1. The zero-order chi connectivity index (χ0) is 13.0. The Balaban J connectivity index is 2.03. The lowest BCUT2D eigenvalue weighted by molar-refractivity contribution is 0.199. The lowest BCUT2D eigenvalue weighted by atomic mass is 10.1. The van der Waals surface area contributed by atoms with Gasteiger partial charge in [0, 0.05) is 6.54 Å². The Morgan fingerprint density at radius 3 is 2.61 bits per heavy atom. The van der Waals surface area contributed by atoms with Gasteiger partial charge in [-0.3, -0.25) is 4.68 Å². The summed E-state index contributed by atoms with van der Waals surface area (Å²) in [4.78, 5) is 0. The van der Waals surface area contributed by atoms with E-state index in [1.165, 1.54) is 0 Å². The minimum Gasteiger partial charge on any atom is -0.454 e. The predicted molar refractivity (Wildman–Crippen MR) is 69.7 cm³/mol. The highest BCUT2D eigenvalue weighted by Crippen LogP contribution is 2.22. The van der Waals surface area contributed by atoms with Crippen LogP contribution in [0.3, 0.4) is 0 Å². The van der Waals surface area contributed by atoms with E-state index in [1.54, 1.807) is 13.1 Å². The Labute approximate surface area is 107 Å². The van der Waals surface area contributed by atoms with Crippen molar-refractivity contribution < 1.29 is 9.84 Å². The minimum atomic E-state index is -0.452. The van der Waals surface area contributed by atoms with E-state index in [2.05, 4.69) is 12.0 Å². The molecule has 1 atom stereocenters. The third-order valence-corrected chi connectivity index (χ3v) is 2.66. The van der Waals surface area contributed by atoms with Gasteiger partial charge in [0.15, 0.2) is 5.75 Å². The van der Waals surface area contributed by atoms with Crippen molar-refractivity contribution in [3.63, 3.8) is 0 Å². The maximum absolute atomic E-state index is 9.41. The summed E-state index contributed by atoms with van der Waals surface area (Å²) in [6.45, 7) is 4.74. The molecule has 0 aliphatic rings. The first-order chi connectivity index (χ1) is 8.69. The van der Waals surface area contributed by atoms with Crippen LogP contribution in [0.1, 0.15) is 31.9 Å². The minimum absolute atomic E-state index is 0.452. The molecular formula is C14H18N2O2. The number of ether oxygens (including phenoxy) is 1. The van der Waals surface area contributed by atoms with E-state index in [0.29, 0.717) is 0 Å². The second-order valence-electron chi connectivity index (χ2n) is 4.29. The molecule has 1 aromatic heterocycles. The fourth-order valence-electron chi connectivity index (χ4n) is 1.70. The van der Waals surface area contributed by atoms with Crippen molar-refractivity contribution in [3.05, 3.63) is 42.2 Å². The van der Waals surface area contributed by atoms with E-state index < -0.39 is 6.10 Å². The third kappa shape index (κ3) is 3.11. The highest BCUT2D eigenvalue weighted by Gasteiger charge is 2.03. The van der Waals surface area contributed by atoms with Gasteiger partial charge in [0.2, 0.25) is 0 Å². The van der Waals surface area contributed by atoms with Gasteiger partial charge in [-0.05, 0) is 31.0 Å². The molecule has 0 radical (unpaired) electrons. The van der Waals surface area contributed by atoms with Crippen LogP contribution in [0.5, 0.6) is 11.5 Å². The van der Waals surface area contributed by atoms with Crippen molar-refractivity contribution in [3.8, 4) is 11.5 Å². The molecule has 0 aliphatic carbocycles. The normalized spacial score (nSPS) is 12.4. The van der Waals surface area contributed by atoms with Gasteiger partial charge in [-0.2, -0.15) is 5.10 Å². The molecule has 1 heterocycles. The van der Waals surface area contributed by atoms with Crippen LogP contribution in [0.15, 0.2) is 36.7 Å². The topological polar surface area (TPSA) is 47.3 Å². The van der Waals surface area contributed by atoms with Gasteiger partial charge in [-0.25, -0.2) is 0 Å². The molecule has 0 fully saturated rings. The first-order valence-electron chi connectivity index (χ1n) is 6.17. The Morgan fingerprint density at radius 2 is 2.00 bits per heavy atom. The van der Waals surface area contributed by atoms with E-state index >= 15 is 0 Å². The Morgan fingerprint density at radius 1 is 1.28 bits per heavy atom. The summed E-state index contributed by atoms with van der Waals surface area (Å²) in [6.07, 6.45) is 4.18. The molecular weight excluding hydrogens is 228 g/mol. The van der Waals surface area contributed by atoms with E-state index in [0.717, 1.165) is 30.0 Å². The molecule has 0 saturated heterocycles. The zero-order valence-corrected chi connectivity index (χ0v) is 10.7. The Hall–Kier alpha value is -1.81. The summed E-state index contributed by atoms with van der Waals surface area (Å²) in [5.74, 6) is 1.48. The lowest BCUT2D eigenvalue weighted by Crippen LogP contribution is -1.95. The fourth-order valence-corrected chi connectivity index (χ4v) is 1.70. The third-order valence-electron chi connectivity index (χ3n) is 2.66. The molecule has 0 unspecified atom stereocenters. The highest BCUT2D eigenvalue weighted by molar-refractivity contribution is 5.31. The molecule has 96 valence electrons. The number of aryl methyl sites for hydroxylation is 1.